The Labute approximate surface area is 107 Å². The van der Waals surface area contributed by atoms with Crippen molar-refractivity contribution in [1.82, 2.24) is 14.8 Å². The number of hydrogen-bond acceptors (Lipinski definition) is 3. The Bertz CT molecular complexity index is 738. The molecule has 2 aromatic heterocycles. The van der Waals surface area contributed by atoms with Gasteiger partial charge in [0.25, 0.3) is 0 Å². The first-order chi connectivity index (χ1) is 8.66. The number of nitrogen functional groups attached to an aromatic ring is 1. The highest BCUT2D eigenvalue weighted by atomic mass is 35.5. The molecule has 1 aromatic carbocycles. The lowest BCUT2D eigenvalue weighted by Gasteiger charge is -2.03. The minimum atomic E-state index is -0.474. The van der Waals surface area contributed by atoms with Gasteiger partial charge in [-0.25, -0.2) is 14.1 Å². The van der Waals surface area contributed by atoms with Crippen LogP contribution in [0.25, 0.3) is 16.7 Å². The third kappa shape index (κ3) is 1.60. The van der Waals surface area contributed by atoms with E-state index in [9.17, 15) is 4.39 Å². The van der Waals surface area contributed by atoms with Crippen molar-refractivity contribution < 1.29 is 4.39 Å². The summed E-state index contributed by atoms with van der Waals surface area (Å²) in [5.74, 6) is -0.101. The Hall–Kier alpha value is -2.14. The van der Waals surface area contributed by atoms with Gasteiger partial charge in [0.05, 0.1) is 16.1 Å². The van der Waals surface area contributed by atoms with E-state index in [1.165, 1.54) is 16.8 Å². The largest absolute Gasteiger partial charge is 0.382 e. The molecular weight excluding hydrogens is 255 g/mol. The van der Waals surface area contributed by atoms with Gasteiger partial charge in [0.1, 0.15) is 5.82 Å². The average Bonchev–Trinajstić information content (AvgIpc) is 2.71. The molecule has 90 valence electrons. The monoisotopic (exact) mass is 262 g/mol. The van der Waals surface area contributed by atoms with Crippen molar-refractivity contribution in [3.05, 3.63) is 47.4 Å². The summed E-state index contributed by atoms with van der Waals surface area (Å²) in [6.45, 7) is 0. The number of hydrogen-bond donors (Lipinski definition) is 1. The van der Waals surface area contributed by atoms with Gasteiger partial charge in [-0.3, -0.25) is 0 Å². The molecule has 0 aliphatic rings. The van der Waals surface area contributed by atoms with Gasteiger partial charge in [0.15, 0.2) is 11.5 Å². The Morgan fingerprint density at radius 2 is 2.11 bits per heavy atom. The predicted molar refractivity (Wildman–Crippen MR) is 68.2 cm³/mol. The van der Waals surface area contributed by atoms with Gasteiger partial charge in [0, 0.05) is 6.20 Å². The highest BCUT2D eigenvalue weighted by molar-refractivity contribution is 6.30. The maximum atomic E-state index is 13.1. The third-order valence-corrected chi connectivity index (χ3v) is 2.91. The summed E-state index contributed by atoms with van der Waals surface area (Å²) >= 11 is 5.75. The molecular formula is C12H8ClFN4. The quantitative estimate of drug-likeness (QED) is 0.734. The molecule has 6 heteroatoms. The van der Waals surface area contributed by atoms with E-state index in [0.29, 0.717) is 17.2 Å². The molecule has 3 rings (SSSR count). The number of nitrogens with two attached hydrogens (primary N) is 1. The number of pyridine rings is 1. The van der Waals surface area contributed by atoms with Crippen LogP contribution < -0.4 is 5.73 Å². The minimum absolute atomic E-state index is 0.0330. The number of aromatic nitrogens is 3. The second kappa shape index (κ2) is 3.96. The van der Waals surface area contributed by atoms with Crippen LogP contribution in [-0.4, -0.2) is 14.8 Å². The molecule has 0 atom stereocenters. The predicted octanol–water partition coefficient (Wildman–Crippen LogP) is 2.80. The maximum Gasteiger partial charge on any atom is 0.165 e. The zero-order valence-corrected chi connectivity index (χ0v) is 9.89. The Morgan fingerprint density at radius 1 is 1.28 bits per heavy atom. The first kappa shape index (κ1) is 11.0. The smallest absolute Gasteiger partial charge is 0.165 e. The fourth-order valence-electron chi connectivity index (χ4n) is 1.77. The van der Waals surface area contributed by atoms with Crippen LogP contribution in [0.3, 0.4) is 0 Å². The van der Waals surface area contributed by atoms with E-state index in [-0.39, 0.29) is 5.02 Å². The van der Waals surface area contributed by atoms with Crippen LogP contribution in [0.15, 0.2) is 36.5 Å². The van der Waals surface area contributed by atoms with Crippen molar-refractivity contribution in [1.29, 1.82) is 0 Å². The molecule has 0 saturated carbocycles. The molecule has 0 aliphatic heterocycles. The molecule has 2 N–H and O–H groups in total. The number of nitrogens with zero attached hydrogens (tertiary/aromatic N) is 3. The molecule has 0 spiro atoms. The van der Waals surface area contributed by atoms with Gasteiger partial charge < -0.3 is 5.73 Å². The molecule has 0 radical (unpaired) electrons. The van der Waals surface area contributed by atoms with Crippen molar-refractivity contribution >= 4 is 28.5 Å². The van der Waals surface area contributed by atoms with E-state index < -0.39 is 5.82 Å². The summed E-state index contributed by atoms with van der Waals surface area (Å²) < 4.78 is 14.7. The van der Waals surface area contributed by atoms with Crippen LogP contribution in [0, 0.1) is 5.82 Å². The summed E-state index contributed by atoms with van der Waals surface area (Å²) in [4.78, 5) is 4.21. The lowest BCUT2D eigenvalue weighted by molar-refractivity contribution is 0.627. The summed E-state index contributed by atoms with van der Waals surface area (Å²) in [6, 6.07) is 7.94. The van der Waals surface area contributed by atoms with Gasteiger partial charge in [-0.2, -0.15) is 0 Å². The number of anilines is 1. The molecule has 4 nitrogen and oxygen atoms in total. The summed E-state index contributed by atoms with van der Waals surface area (Å²) in [6.07, 6.45) is 1.64. The molecule has 0 unspecified atom stereocenters. The zero-order valence-electron chi connectivity index (χ0n) is 9.14. The SMILES string of the molecule is Nc1nn(-c2ccc(F)c(Cl)c2)c2ncccc12. The molecule has 0 bridgehead atoms. The lowest BCUT2D eigenvalue weighted by Crippen LogP contribution is -1.98. The number of rotatable bonds is 1. The second-order valence-electron chi connectivity index (χ2n) is 3.77. The Kier molecular flexibility index (Phi) is 2.41. The van der Waals surface area contributed by atoms with Crippen LogP contribution in [0.4, 0.5) is 10.2 Å². The van der Waals surface area contributed by atoms with E-state index in [4.69, 9.17) is 17.3 Å². The van der Waals surface area contributed by atoms with Crippen molar-refractivity contribution in [2.75, 3.05) is 5.73 Å². The van der Waals surface area contributed by atoms with Crippen LogP contribution in [0.5, 0.6) is 0 Å². The lowest BCUT2D eigenvalue weighted by atomic mass is 10.3. The zero-order chi connectivity index (χ0) is 12.7. The average molecular weight is 263 g/mol. The standard InChI is InChI=1S/C12H8ClFN4/c13-9-6-7(3-4-10(9)14)18-12-8(11(15)17-18)2-1-5-16-12/h1-6H,(H2,15,17). The van der Waals surface area contributed by atoms with Gasteiger partial charge in [-0.1, -0.05) is 11.6 Å². The van der Waals surface area contributed by atoms with E-state index in [1.54, 1.807) is 18.3 Å². The van der Waals surface area contributed by atoms with Crippen molar-refractivity contribution in [3.8, 4) is 5.69 Å². The van der Waals surface area contributed by atoms with Crippen molar-refractivity contribution in [2.24, 2.45) is 0 Å². The minimum Gasteiger partial charge on any atom is -0.382 e. The van der Waals surface area contributed by atoms with E-state index in [1.807, 2.05) is 6.07 Å². The van der Waals surface area contributed by atoms with Gasteiger partial charge in [0.2, 0.25) is 0 Å². The highest BCUT2D eigenvalue weighted by Crippen LogP contribution is 2.24. The van der Waals surface area contributed by atoms with Gasteiger partial charge in [-0.05, 0) is 30.3 Å². The van der Waals surface area contributed by atoms with E-state index in [2.05, 4.69) is 10.1 Å². The maximum absolute atomic E-state index is 13.1. The van der Waals surface area contributed by atoms with Crippen molar-refractivity contribution in [2.45, 2.75) is 0 Å². The van der Waals surface area contributed by atoms with Crippen LogP contribution in [0.2, 0.25) is 5.02 Å². The fraction of sp³-hybridized carbons (Fsp3) is 0. The fourth-order valence-corrected chi connectivity index (χ4v) is 1.95. The highest BCUT2D eigenvalue weighted by Gasteiger charge is 2.11. The first-order valence-electron chi connectivity index (χ1n) is 5.21. The van der Waals surface area contributed by atoms with Crippen molar-refractivity contribution in [3.63, 3.8) is 0 Å². The summed E-state index contributed by atoms with van der Waals surface area (Å²) in [5.41, 5.74) is 7.03. The summed E-state index contributed by atoms with van der Waals surface area (Å²) in [7, 11) is 0. The summed E-state index contributed by atoms with van der Waals surface area (Å²) in [5, 5.41) is 4.96. The molecule has 0 saturated heterocycles. The first-order valence-corrected chi connectivity index (χ1v) is 5.59. The van der Waals surface area contributed by atoms with Crippen LogP contribution in [-0.2, 0) is 0 Å². The molecule has 0 amide bonds. The number of fused-ring (bicyclic) bond motifs is 1. The number of halogens is 2. The van der Waals surface area contributed by atoms with Gasteiger partial charge >= 0.3 is 0 Å². The molecule has 0 fully saturated rings. The topological polar surface area (TPSA) is 56.7 Å². The normalized spacial score (nSPS) is 11.0. The Balaban J connectivity index is 2.28. The molecule has 18 heavy (non-hydrogen) atoms. The third-order valence-electron chi connectivity index (χ3n) is 2.62. The number of benzene rings is 1. The molecule has 0 aliphatic carbocycles. The van der Waals surface area contributed by atoms with E-state index >= 15 is 0 Å². The van der Waals surface area contributed by atoms with Crippen LogP contribution >= 0.6 is 11.6 Å². The molecule has 2 heterocycles. The van der Waals surface area contributed by atoms with E-state index in [0.717, 1.165) is 5.39 Å². The molecule has 3 aromatic rings. The Morgan fingerprint density at radius 3 is 2.89 bits per heavy atom. The van der Waals surface area contributed by atoms with Gasteiger partial charge in [-0.15, -0.1) is 5.10 Å². The van der Waals surface area contributed by atoms with Crippen LogP contribution in [0.1, 0.15) is 0 Å². The second-order valence-corrected chi connectivity index (χ2v) is 4.18.